The molecule has 5 nitrogen and oxygen atoms in total. The van der Waals surface area contributed by atoms with Gasteiger partial charge in [0.15, 0.2) is 0 Å². The van der Waals surface area contributed by atoms with Crippen molar-refractivity contribution in [2.24, 2.45) is 11.5 Å². The third-order valence-electron chi connectivity index (χ3n) is 1.61. The van der Waals surface area contributed by atoms with Crippen LogP contribution in [0.1, 0.15) is 15.9 Å². The lowest BCUT2D eigenvalue weighted by molar-refractivity contribution is 0.0999. The van der Waals surface area contributed by atoms with Gasteiger partial charge in [0.05, 0.1) is 12.3 Å². The van der Waals surface area contributed by atoms with Gasteiger partial charge in [0.2, 0.25) is 5.91 Å². The van der Waals surface area contributed by atoms with E-state index in [2.05, 4.69) is 0 Å². The van der Waals surface area contributed by atoms with Crippen LogP contribution in [0.15, 0.2) is 18.2 Å². The first-order valence-electron chi connectivity index (χ1n) is 3.82. The molecule has 73 valence electrons. The Hall–Kier alpha value is -2.04. The maximum atomic E-state index is 10.9. The van der Waals surface area contributed by atoms with Gasteiger partial charge in [-0.3, -0.25) is 10.2 Å². The number of aromatic hydroxyl groups is 1. The summed E-state index contributed by atoms with van der Waals surface area (Å²) in [6.07, 6.45) is 1.29. The summed E-state index contributed by atoms with van der Waals surface area (Å²) in [6, 6.07) is 4.09. The molecule has 0 saturated carbocycles. The number of amides is 1. The molecule has 0 fully saturated rings. The minimum Gasteiger partial charge on any atom is -0.508 e. The van der Waals surface area contributed by atoms with Gasteiger partial charge in [-0.05, 0) is 17.7 Å². The Morgan fingerprint density at radius 1 is 1.43 bits per heavy atom. The molecular formula is C9H10N3O2. The molecule has 0 aliphatic rings. The Balaban J connectivity index is 3.14. The van der Waals surface area contributed by atoms with Gasteiger partial charge in [0.25, 0.3) is 0 Å². The number of nitrogens with two attached hydrogens (primary N) is 2. The van der Waals surface area contributed by atoms with E-state index in [9.17, 15) is 4.79 Å². The summed E-state index contributed by atoms with van der Waals surface area (Å²) in [5, 5.41) is 16.1. The summed E-state index contributed by atoms with van der Waals surface area (Å²) in [5.41, 5.74) is 10.8. The standard InChI is InChI=1S/C9H10N3O2/c10-8(11)3-5-1-2-6(13)4-7(5)9(12)14/h1-4,13H,(H3,10,11)(H2,12,14). The third-order valence-corrected chi connectivity index (χ3v) is 1.61. The molecule has 0 bridgehead atoms. The number of phenols is 1. The summed E-state index contributed by atoms with van der Waals surface area (Å²) in [4.78, 5) is 10.9. The Bertz CT molecular complexity index is 388. The van der Waals surface area contributed by atoms with E-state index in [1.807, 2.05) is 0 Å². The van der Waals surface area contributed by atoms with Crippen molar-refractivity contribution >= 4 is 11.7 Å². The number of hydrogen-bond acceptors (Lipinski definition) is 3. The number of carbonyl (C=O) groups is 1. The van der Waals surface area contributed by atoms with Crippen molar-refractivity contribution in [2.75, 3.05) is 0 Å². The second-order valence-electron chi connectivity index (χ2n) is 2.74. The molecule has 1 amide bonds. The molecule has 0 unspecified atom stereocenters. The van der Waals surface area contributed by atoms with E-state index in [1.54, 1.807) is 0 Å². The Labute approximate surface area is 80.8 Å². The molecule has 1 aromatic rings. The maximum absolute atomic E-state index is 10.9. The number of carbonyl (C=O) groups excluding carboxylic acids is 1. The topological polar surface area (TPSA) is 113 Å². The first-order chi connectivity index (χ1) is 6.50. The van der Waals surface area contributed by atoms with E-state index in [4.69, 9.17) is 22.0 Å². The number of primary amides is 1. The smallest absolute Gasteiger partial charge is 0.249 e. The first kappa shape index (κ1) is 10.0. The number of benzene rings is 1. The average Bonchev–Trinajstić information content (AvgIpc) is 2.07. The van der Waals surface area contributed by atoms with Gasteiger partial charge in [-0.15, -0.1) is 0 Å². The van der Waals surface area contributed by atoms with Gasteiger partial charge in [0, 0.05) is 5.56 Å². The van der Waals surface area contributed by atoms with Crippen molar-refractivity contribution < 1.29 is 9.90 Å². The minimum atomic E-state index is -0.673. The predicted octanol–water partition coefficient (Wildman–Crippen LogP) is -0.0205. The normalized spacial score (nSPS) is 9.71. The van der Waals surface area contributed by atoms with E-state index < -0.39 is 5.91 Å². The molecule has 0 aromatic heterocycles. The van der Waals surface area contributed by atoms with Crippen LogP contribution in [-0.2, 0) is 0 Å². The highest BCUT2D eigenvalue weighted by Gasteiger charge is 2.09. The first-order valence-corrected chi connectivity index (χ1v) is 3.82. The van der Waals surface area contributed by atoms with Gasteiger partial charge in [-0.25, -0.2) is 0 Å². The van der Waals surface area contributed by atoms with Crippen LogP contribution in [0, 0.1) is 11.8 Å². The van der Waals surface area contributed by atoms with Crippen molar-refractivity contribution in [3.63, 3.8) is 0 Å². The highest BCUT2D eigenvalue weighted by molar-refractivity contribution is 5.99. The summed E-state index contributed by atoms with van der Waals surface area (Å²) in [7, 11) is 0. The van der Waals surface area contributed by atoms with Crippen LogP contribution in [0.25, 0.3) is 0 Å². The largest absolute Gasteiger partial charge is 0.508 e. The molecule has 5 heteroatoms. The molecule has 6 N–H and O–H groups in total. The maximum Gasteiger partial charge on any atom is 0.249 e. The zero-order valence-electron chi connectivity index (χ0n) is 7.32. The summed E-state index contributed by atoms with van der Waals surface area (Å²) < 4.78 is 0. The average molecular weight is 192 g/mol. The van der Waals surface area contributed by atoms with Crippen LogP contribution >= 0.6 is 0 Å². The SMILES string of the molecule is N=C(N)[CH]c1ccc(O)cc1C(N)=O. The van der Waals surface area contributed by atoms with Crippen LogP contribution in [0.2, 0.25) is 0 Å². The van der Waals surface area contributed by atoms with E-state index >= 15 is 0 Å². The zero-order chi connectivity index (χ0) is 10.7. The second-order valence-corrected chi connectivity index (χ2v) is 2.74. The fourth-order valence-corrected chi connectivity index (χ4v) is 1.05. The Morgan fingerprint density at radius 2 is 2.07 bits per heavy atom. The molecule has 0 saturated heterocycles. The molecule has 0 heterocycles. The molecule has 0 aliphatic carbocycles. The lowest BCUT2D eigenvalue weighted by Gasteiger charge is -2.05. The van der Waals surface area contributed by atoms with E-state index in [0.29, 0.717) is 5.56 Å². The molecular weight excluding hydrogens is 182 g/mol. The number of rotatable bonds is 3. The van der Waals surface area contributed by atoms with Crippen molar-refractivity contribution in [1.82, 2.24) is 0 Å². The number of hydrogen-bond donors (Lipinski definition) is 4. The number of amidine groups is 1. The van der Waals surface area contributed by atoms with Crippen molar-refractivity contribution in [3.8, 4) is 5.75 Å². The van der Waals surface area contributed by atoms with Crippen molar-refractivity contribution in [1.29, 1.82) is 5.41 Å². The van der Waals surface area contributed by atoms with Gasteiger partial charge >= 0.3 is 0 Å². The van der Waals surface area contributed by atoms with Crippen LogP contribution < -0.4 is 11.5 Å². The minimum absolute atomic E-state index is 0.0560. The van der Waals surface area contributed by atoms with Crippen molar-refractivity contribution in [2.45, 2.75) is 0 Å². The molecule has 1 rings (SSSR count). The van der Waals surface area contributed by atoms with Crippen LogP contribution in [-0.4, -0.2) is 16.8 Å². The van der Waals surface area contributed by atoms with Gasteiger partial charge in [-0.2, -0.15) is 0 Å². The Kier molecular flexibility index (Phi) is 2.71. The summed E-state index contributed by atoms with van der Waals surface area (Å²) >= 11 is 0. The third kappa shape index (κ3) is 2.22. The monoisotopic (exact) mass is 192 g/mol. The van der Waals surface area contributed by atoms with E-state index in [1.165, 1.54) is 24.6 Å². The molecule has 1 aromatic carbocycles. The van der Waals surface area contributed by atoms with E-state index in [0.717, 1.165) is 0 Å². The zero-order valence-corrected chi connectivity index (χ0v) is 7.32. The molecule has 0 spiro atoms. The quantitative estimate of drug-likeness (QED) is 0.398. The van der Waals surface area contributed by atoms with Gasteiger partial charge in [-0.1, -0.05) is 6.07 Å². The highest BCUT2D eigenvalue weighted by Crippen LogP contribution is 2.17. The fourth-order valence-electron chi connectivity index (χ4n) is 1.05. The van der Waals surface area contributed by atoms with Crippen molar-refractivity contribution in [3.05, 3.63) is 35.7 Å². The fraction of sp³-hybridized carbons (Fsp3) is 0. The lowest BCUT2D eigenvalue weighted by Crippen LogP contribution is -2.17. The molecule has 0 atom stereocenters. The van der Waals surface area contributed by atoms with Crippen LogP contribution in [0.3, 0.4) is 0 Å². The molecule has 0 aliphatic heterocycles. The summed E-state index contributed by atoms with van der Waals surface area (Å²) in [6.45, 7) is 0. The second kappa shape index (κ2) is 3.78. The molecule has 14 heavy (non-hydrogen) atoms. The van der Waals surface area contributed by atoms with Gasteiger partial charge < -0.3 is 16.6 Å². The molecule has 1 radical (unpaired) electrons. The lowest BCUT2D eigenvalue weighted by atomic mass is 10.0. The number of nitrogens with one attached hydrogen (secondary N) is 1. The van der Waals surface area contributed by atoms with Gasteiger partial charge in [0.1, 0.15) is 5.75 Å². The predicted molar refractivity (Wildman–Crippen MR) is 51.9 cm³/mol. The van der Waals surface area contributed by atoms with Crippen LogP contribution in [0.5, 0.6) is 5.75 Å². The highest BCUT2D eigenvalue weighted by atomic mass is 16.3. The number of phenolic OH excluding ortho intramolecular Hbond substituents is 1. The summed E-state index contributed by atoms with van der Waals surface area (Å²) in [5.74, 6) is -0.911. The van der Waals surface area contributed by atoms with E-state index in [-0.39, 0.29) is 17.1 Å². The van der Waals surface area contributed by atoms with Crippen LogP contribution in [0.4, 0.5) is 0 Å². The Morgan fingerprint density at radius 3 is 2.57 bits per heavy atom.